The van der Waals surface area contributed by atoms with Gasteiger partial charge in [-0.2, -0.15) is 5.26 Å². The zero-order valence-electron chi connectivity index (χ0n) is 14.5. The third-order valence-electron chi connectivity index (χ3n) is 3.69. The summed E-state index contributed by atoms with van der Waals surface area (Å²) in [7, 11) is 0. The minimum Gasteiger partial charge on any atom is -0.493 e. The predicted molar refractivity (Wildman–Crippen MR) is 103 cm³/mol. The third-order valence-corrected chi connectivity index (χ3v) is 4.62. The zero-order valence-corrected chi connectivity index (χ0v) is 15.3. The first kappa shape index (κ1) is 18.7. The van der Waals surface area contributed by atoms with Crippen LogP contribution in [-0.2, 0) is 6.54 Å². The van der Waals surface area contributed by atoms with Gasteiger partial charge in [0.25, 0.3) is 0 Å². The van der Waals surface area contributed by atoms with Gasteiger partial charge in [0.05, 0.1) is 23.8 Å². The van der Waals surface area contributed by atoms with E-state index >= 15 is 0 Å². The van der Waals surface area contributed by atoms with Crippen LogP contribution in [0.1, 0.15) is 5.56 Å². The highest BCUT2D eigenvalue weighted by molar-refractivity contribution is 7.99. The van der Waals surface area contributed by atoms with E-state index in [1.165, 1.54) is 17.8 Å². The Morgan fingerprint density at radius 3 is 2.85 bits per heavy atom. The molecule has 1 heterocycles. The maximum absolute atomic E-state index is 14.1. The van der Waals surface area contributed by atoms with E-state index in [0.717, 1.165) is 0 Å². The monoisotopic (exact) mass is 380 g/mol. The second kappa shape index (κ2) is 9.01. The molecule has 0 aliphatic heterocycles. The largest absolute Gasteiger partial charge is 0.493 e. The lowest BCUT2D eigenvalue weighted by Crippen LogP contribution is -2.04. The molecule has 0 aliphatic carbocycles. The van der Waals surface area contributed by atoms with Crippen LogP contribution < -0.4 is 4.74 Å². The van der Waals surface area contributed by atoms with E-state index in [4.69, 9.17) is 10.00 Å². The number of hydrogen-bond acceptors (Lipinski definition) is 5. The molecule has 0 aliphatic rings. The van der Waals surface area contributed by atoms with Gasteiger partial charge in [0, 0.05) is 12.3 Å². The molecule has 1 aromatic heterocycles. The van der Waals surface area contributed by atoms with Gasteiger partial charge in [-0.25, -0.2) is 4.39 Å². The number of allylic oxidation sites excluding steroid dienone is 1. The average Bonchev–Trinajstić information content (AvgIpc) is 3.08. The van der Waals surface area contributed by atoms with Crippen molar-refractivity contribution in [1.82, 2.24) is 14.8 Å². The van der Waals surface area contributed by atoms with Crippen LogP contribution in [0.3, 0.4) is 0 Å². The van der Waals surface area contributed by atoms with Crippen molar-refractivity contribution < 1.29 is 9.13 Å². The van der Waals surface area contributed by atoms with Crippen LogP contribution in [0.5, 0.6) is 5.75 Å². The van der Waals surface area contributed by atoms with Gasteiger partial charge < -0.3 is 4.74 Å². The number of halogens is 1. The highest BCUT2D eigenvalue weighted by atomic mass is 32.2. The van der Waals surface area contributed by atoms with Crippen molar-refractivity contribution in [2.75, 3.05) is 12.4 Å². The molecule has 7 heteroatoms. The molecule has 3 aromatic rings. The fraction of sp³-hybridized carbons (Fsp3) is 0.150. The van der Waals surface area contributed by atoms with Gasteiger partial charge in [-0.15, -0.1) is 16.8 Å². The van der Waals surface area contributed by atoms with E-state index in [9.17, 15) is 4.39 Å². The number of benzene rings is 2. The van der Waals surface area contributed by atoms with E-state index in [0.29, 0.717) is 46.8 Å². The van der Waals surface area contributed by atoms with Crippen molar-refractivity contribution in [3.8, 4) is 23.2 Å². The summed E-state index contributed by atoms with van der Waals surface area (Å²) in [6.07, 6.45) is 1.72. The maximum atomic E-state index is 14.1. The van der Waals surface area contributed by atoms with Gasteiger partial charge in [-0.1, -0.05) is 36.0 Å². The summed E-state index contributed by atoms with van der Waals surface area (Å²) in [5, 5.41) is 17.9. The zero-order chi connectivity index (χ0) is 19.1. The highest BCUT2D eigenvalue weighted by Crippen LogP contribution is 2.26. The Hall–Kier alpha value is -3.11. The van der Waals surface area contributed by atoms with Crippen molar-refractivity contribution in [3.63, 3.8) is 0 Å². The van der Waals surface area contributed by atoms with E-state index in [-0.39, 0.29) is 5.82 Å². The standard InChI is InChI=1S/C20H17FN4OS/c1-2-10-25-19(17-8-3-4-9-18(17)21)23-24-20(25)27-12-11-26-16-7-5-6-15(13-16)14-22/h2-9,13H,1,10-12H2. The molecule has 5 nitrogen and oxygen atoms in total. The molecule has 27 heavy (non-hydrogen) atoms. The summed E-state index contributed by atoms with van der Waals surface area (Å²) in [4.78, 5) is 0. The van der Waals surface area contributed by atoms with E-state index < -0.39 is 0 Å². The molecule has 0 saturated heterocycles. The van der Waals surface area contributed by atoms with Crippen molar-refractivity contribution in [2.45, 2.75) is 11.7 Å². The molecule has 0 N–H and O–H groups in total. The molecule has 0 radical (unpaired) electrons. The molecule has 3 rings (SSSR count). The minimum atomic E-state index is -0.340. The molecule has 0 atom stereocenters. The highest BCUT2D eigenvalue weighted by Gasteiger charge is 2.16. The van der Waals surface area contributed by atoms with Gasteiger partial charge in [-0.05, 0) is 30.3 Å². The summed E-state index contributed by atoms with van der Waals surface area (Å²) < 4.78 is 21.6. The molecule has 2 aromatic carbocycles. The molecule has 0 fully saturated rings. The molecule has 0 saturated carbocycles. The van der Waals surface area contributed by atoms with Gasteiger partial charge in [0.1, 0.15) is 11.6 Å². The van der Waals surface area contributed by atoms with Crippen LogP contribution in [-0.4, -0.2) is 27.1 Å². The van der Waals surface area contributed by atoms with Crippen LogP contribution >= 0.6 is 11.8 Å². The Bertz CT molecular complexity index is 980. The summed E-state index contributed by atoms with van der Waals surface area (Å²) >= 11 is 1.47. The lowest BCUT2D eigenvalue weighted by molar-refractivity contribution is 0.343. The first-order valence-electron chi connectivity index (χ1n) is 8.27. The first-order chi connectivity index (χ1) is 13.2. The lowest BCUT2D eigenvalue weighted by atomic mass is 10.2. The lowest BCUT2D eigenvalue weighted by Gasteiger charge is -2.09. The molecule has 0 spiro atoms. The summed E-state index contributed by atoms with van der Waals surface area (Å²) in [6, 6.07) is 15.6. The normalized spacial score (nSPS) is 10.4. The molecular weight excluding hydrogens is 363 g/mol. The smallest absolute Gasteiger partial charge is 0.191 e. The average molecular weight is 380 g/mol. The SMILES string of the molecule is C=CCn1c(SCCOc2cccc(C#N)c2)nnc1-c1ccccc1F. The second-order valence-electron chi connectivity index (χ2n) is 5.52. The Balaban J connectivity index is 1.67. The predicted octanol–water partition coefficient (Wildman–Crippen LogP) is 4.31. The molecule has 0 bridgehead atoms. The number of nitrogens with zero attached hydrogens (tertiary/aromatic N) is 4. The molecule has 136 valence electrons. The molecule has 0 unspecified atom stereocenters. The fourth-order valence-electron chi connectivity index (χ4n) is 2.48. The minimum absolute atomic E-state index is 0.340. The third kappa shape index (κ3) is 4.54. The molecular formula is C20H17FN4OS. The Morgan fingerprint density at radius 2 is 2.07 bits per heavy atom. The second-order valence-corrected chi connectivity index (χ2v) is 6.58. The quantitative estimate of drug-likeness (QED) is 0.331. The Kier molecular flexibility index (Phi) is 6.23. The van der Waals surface area contributed by atoms with Crippen molar-refractivity contribution in [2.24, 2.45) is 0 Å². The van der Waals surface area contributed by atoms with Gasteiger partial charge in [0.2, 0.25) is 0 Å². The van der Waals surface area contributed by atoms with Gasteiger partial charge in [-0.3, -0.25) is 4.57 Å². The van der Waals surface area contributed by atoms with Crippen LogP contribution in [0.15, 0.2) is 66.3 Å². The van der Waals surface area contributed by atoms with Crippen LogP contribution in [0, 0.1) is 17.1 Å². The van der Waals surface area contributed by atoms with Crippen LogP contribution in [0.4, 0.5) is 4.39 Å². The number of thioether (sulfide) groups is 1. The summed E-state index contributed by atoms with van der Waals surface area (Å²) in [5.74, 6) is 1.41. The van der Waals surface area contributed by atoms with Crippen molar-refractivity contribution >= 4 is 11.8 Å². The van der Waals surface area contributed by atoms with E-state index in [1.54, 1.807) is 42.5 Å². The number of nitriles is 1. The number of aromatic nitrogens is 3. The Labute approximate surface area is 161 Å². The van der Waals surface area contributed by atoms with Crippen LogP contribution in [0.2, 0.25) is 0 Å². The molecule has 0 amide bonds. The van der Waals surface area contributed by atoms with Crippen LogP contribution in [0.25, 0.3) is 11.4 Å². The first-order valence-corrected chi connectivity index (χ1v) is 9.26. The Morgan fingerprint density at radius 1 is 1.22 bits per heavy atom. The van der Waals surface area contributed by atoms with Gasteiger partial charge in [0.15, 0.2) is 11.0 Å². The number of hydrogen-bond donors (Lipinski definition) is 0. The van der Waals surface area contributed by atoms with Crippen molar-refractivity contribution in [1.29, 1.82) is 5.26 Å². The fourth-order valence-corrected chi connectivity index (χ4v) is 3.24. The number of rotatable bonds is 8. The van der Waals surface area contributed by atoms with E-state index in [1.807, 2.05) is 10.6 Å². The summed E-state index contributed by atoms with van der Waals surface area (Å²) in [5.41, 5.74) is 0.962. The van der Waals surface area contributed by atoms with Crippen molar-refractivity contribution in [3.05, 3.63) is 72.6 Å². The topological polar surface area (TPSA) is 63.7 Å². The number of ether oxygens (including phenoxy) is 1. The van der Waals surface area contributed by atoms with Gasteiger partial charge >= 0.3 is 0 Å². The summed E-state index contributed by atoms with van der Waals surface area (Å²) in [6.45, 7) is 4.67. The maximum Gasteiger partial charge on any atom is 0.191 e. The van der Waals surface area contributed by atoms with E-state index in [2.05, 4.69) is 22.8 Å².